The zero-order valence-corrected chi connectivity index (χ0v) is 7.53. The van der Waals surface area contributed by atoms with Gasteiger partial charge in [-0.2, -0.15) is 0 Å². The van der Waals surface area contributed by atoms with Crippen LogP contribution in [0.4, 0.5) is 0 Å². The van der Waals surface area contributed by atoms with Crippen LogP contribution in [0, 0.1) is 0 Å². The molecule has 0 aliphatic carbocycles. The number of hydrogen-bond acceptors (Lipinski definition) is 4. The molecule has 0 rings (SSSR count). The van der Waals surface area contributed by atoms with Crippen molar-refractivity contribution < 1.29 is 15.0 Å². The minimum atomic E-state index is -0.684. The molecule has 71 valence electrons. The lowest BCUT2D eigenvalue weighted by Gasteiger charge is -2.27. The second-order valence-electron chi connectivity index (χ2n) is 2.75. The van der Waals surface area contributed by atoms with E-state index in [0.717, 1.165) is 0 Å². The normalized spacial score (nSPS) is 16.1. The first-order chi connectivity index (χ1) is 5.59. The summed E-state index contributed by atoms with van der Waals surface area (Å²) in [4.78, 5) is 11.4. The third-order valence-corrected chi connectivity index (χ3v) is 1.66. The highest BCUT2D eigenvalue weighted by Gasteiger charge is 2.14. The van der Waals surface area contributed by atoms with Gasteiger partial charge in [0.05, 0.1) is 0 Å². The number of aliphatic hydroxyl groups excluding tert-OH is 2. The van der Waals surface area contributed by atoms with Crippen LogP contribution in [0.2, 0.25) is 0 Å². The summed E-state index contributed by atoms with van der Waals surface area (Å²) in [7, 11) is 0. The van der Waals surface area contributed by atoms with Crippen molar-refractivity contribution in [1.29, 1.82) is 0 Å². The van der Waals surface area contributed by atoms with E-state index in [1.807, 2.05) is 0 Å². The molecule has 0 fully saturated rings. The standard InChI is InChI=1S/C8H16NO3/c1-7(11)9(8(2)12)5-3-4-6-10/h7-8,11-12H,3-5H2,1-2H3. The zero-order chi connectivity index (χ0) is 9.56. The topological polar surface area (TPSA) is 60.8 Å². The van der Waals surface area contributed by atoms with Gasteiger partial charge in [0.15, 0.2) is 6.29 Å². The molecule has 0 aromatic heterocycles. The highest BCUT2D eigenvalue weighted by atomic mass is 16.3. The Morgan fingerprint density at radius 2 is 1.83 bits per heavy atom. The fourth-order valence-corrected chi connectivity index (χ4v) is 1.02. The highest BCUT2D eigenvalue weighted by molar-refractivity contribution is 5.50. The SMILES string of the molecule is CC(O)N(CCC[C]=O)C(C)O. The molecule has 0 aromatic rings. The van der Waals surface area contributed by atoms with Gasteiger partial charge in [0.2, 0.25) is 0 Å². The van der Waals surface area contributed by atoms with Gasteiger partial charge in [0.25, 0.3) is 0 Å². The lowest BCUT2D eigenvalue weighted by Crippen LogP contribution is -2.40. The number of carbonyl (C=O) groups excluding carboxylic acids is 1. The van der Waals surface area contributed by atoms with Gasteiger partial charge in [0, 0.05) is 13.0 Å². The van der Waals surface area contributed by atoms with Crippen molar-refractivity contribution in [3.8, 4) is 0 Å². The van der Waals surface area contributed by atoms with Crippen LogP contribution >= 0.6 is 0 Å². The summed E-state index contributed by atoms with van der Waals surface area (Å²) in [5, 5.41) is 18.3. The van der Waals surface area contributed by atoms with Gasteiger partial charge >= 0.3 is 0 Å². The van der Waals surface area contributed by atoms with Crippen LogP contribution in [0.25, 0.3) is 0 Å². The Balaban J connectivity index is 3.71. The average Bonchev–Trinajstić information content (AvgIpc) is 1.96. The van der Waals surface area contributed by atoms with E-state index in [2.05, 4.69) is 0 Å². The molecule has 1 radical (unpaired) electrons. The summed E-state index contributed by atoms with van der Waals surface area (Å²) < 4.78 is 0. The third kappa shape index (κ3) is 4.43. The van der Waals surface area contributed by atoms with Gasteiger partial charge in [-0.1, -0.05) is 0 Å². The van der Waals surface area contributed by atoms with Crippen molar-refractivity contribution in [3.05, 3.63) is 0 Å². The molecule has 2 atom stereocenters. The third-order valence-electron chi connectivity index (χ3n) is 1.66. The Morgan fingerprint density at radius 1 is 1.33 bits per heavy atom. The monoisotopic (exact) mass is 174 g/mol. The van der Waals surface area contributed by atoms with Crippen LogP contribution in [0.3, 0.4) is 0 Å². The van der Waals surface area contributed by atoms with Gasteiger partial charge < -0.3 is 10.2 Å². The van der Waals surface area contributed by atoms with Crippen LogP contribution in [-0.4, -0.2) is 40.4 Å². The summed E-state index contributed by atoms with van der Waals surface area (Å²) in [5.41, 5.74) is 0. The molecule has 0 amide bonds. The first-order valence-corrected chi connectivity index (χ1v) is 4.06. The minimum Gasteiger partial charge on any atom is -0.379 e. The molecular formula is C8H16NO3. The molecule has 0 bridgehead atoms. The van der Waals surface area contributed by atoms with Crippen LogP contribution in [-0.2, 0) is 4.79 Å². The number of nitrogens with zero attached hydrogens (tertiary/aromatic N) is 1. The van der Waals surface area contributed by atoms with E-state index >= 15 is 0 Å². The van der Waals surface area contributed by atoms with Gasteiger partial charge in [-0.3, -0.25) is 9.69 Å². The summed E-state index contributed by atoms with van der Waals surface area (Å²) in [6, 6.07) is 0. The molecule has 2 unspecified atom stereocenters. The van der Waals surface area contributed by atoms with E-state index in [1.54, 1.807) is 20.1 Å². The maximum Gasteiger partial charge on any atom is 0.198 e. The molecule has 12 heavy (non-hydrogen) atoms. The summed E-state index contributed by atoms with van der Waals surface area (Å²) in [5.74, 6) is 0. The molecule has 0 spiro atoms. The fraction of sp³-hybridized carbons (Fsp3) is 0.875. The maximum atomic E-state index is 9.86. The predicted molar refractivity (Wildman–Crippen MR) is 45.0 cm³/mol. The van der Waals surface area contributed by atoms with Gasteiger partial charge in [-0.15, -0.1) is 0 Å². The lowest BCUT2D eigenvalue weighted by molar-refractivity contribution is -0.0840. The van der Waals surface area contributed by atoms with Crippen molar-refractivity contribution in [2.75, 3.05) is 6.54 Å². The smallest absolute Gasteiger partial charge is 0.198 e. The molecule has 0 aliphatic rings. The van der Waals surface area contributed by atoms with Gasteiger partial charge in [-0.05, 0) is 20.3 Å². The molecule has 0 saturated carbocycles. The average molecular weight is 174 g/mol. The molecule has 4 heteroatoms. The first kappa shape index (κ1) is 11.6. The second-order valence-corrected chi connectivity index (χ2v) is 2.75. The maximum absolute atomic E-state index is 9.86. The van der Waals surface area contributed by atoms with E-state index in [1.165, 1.54) is 4.90 Å². The van der Waals surface area contributed by atoms with Gasteiger partial charge in [-0.25, -0.2) is 0 Å². The van der Waals surface area contributed by atoms with Crippen molar-refractivity contribution in [2.45, 2.75) is 39.1 Å². The first-order valence-electron chi connectivity index (χ1n) is 4.06. The van der Waals surface area contributed by atoms with Crippen molar-refractivity contribution in [1.82, 2.24) is 4.90 Å². The Bertz CT molecular complexity index is 117. The number of rotatable bonds is 6. The van der Waals surface area contributed by atoms with E-state index in [9.17, 15) is 4.79 Å². The Kier molecular flexibility index (Phi) is 5.88. The molecule has 0 aromatic carbocycles. The van der Waals surface area contributed by atoms with Crippen molar-refractivity contribution >= 4 is 6.29 Å². The van der Waals surface area contributed by atoms with Crippen LogP contribution < -0.4 is 0 Å². The quantitative estimate of drug-likeness (QED) is 0.434. The van der Waals surface area contributed by atoms with Crippen molar-refractivity contribution in [3.63, 3.8) is 0 Å². The molecule has 0 heterocycles. The predicted octanol–water partition coefficient (Wildman–Crippen LogP) is -0.145. The molecule has 4 nitrogen and oxygen atoms in total. The Hall–Kier alpha value is -0.450. The Morgan fingerprint density at radius 3 is 2.17 bits per heavy atom. The Labute approximate surface area is 72.8 Å². The second kappa shape index (κ2) is 6.11. The minimum absolute atomic E-state index is 0.343. The van der Waals surface area contributed by atoms with Crippen LogP contribution in [0.1, 0.15) is 26.7 Å². The van der Waals surface area contributed by atoms with Crippen LogP contribution in [0.15, 0.2) is 0 Å². The van der Waals surface area contributed by atoms with E-state index in [-0.39, 0.29) is 0 Å². The van der Waals surface area contributed by atoms with Gasteiger partial charge in [0.1, 0.15) is 12.5 Å². The number of hydrogen-bond donors (Lipinski definition) is 2. The molecule has 0 aliphatic heterocycles. The highest BCUT2D eigenvalue weighted by Crippen LogP contribution is 2.02. The molecule has 0 saturated heterocycles. The van der Waals surface area contributed by atoms with Crippen molar-refractivity contribution in [2.24, 2.45) is 0 Å². The van der Waals surface area contributed by atoms with E-state index in [4.69, 9.17) is 10.2 Å². The summed E-state index contributed by atoms with van der Waals surface area (Å²) in [6.45, 7) is 3.67. The number of aliphatic hydroxyl groups is 2. The number of unbranched alkanes of at least 4 members (excludes halogenated alkanes) is 1. The molecular weight excluding hydrogens is 158 g/mol. The molecule has 2 N–H and O–H groups in total. The van der Waals surface area contributed by atoms with E-state index in [0.29, 0.717) is 19.4 Å². The lowest BCUT2D eigenvalue weighted by atomic mass is 10.3. The zero-order valence-electron chi connectivity index (χ0n) is 7.53. The summed E-state index contributed by atoms with van der Waals surface area (Å²) in [6.07, 6.45) is 1.35. The largest absolute Gasteiger partial charge is 0.379 e. The summed E-state index contributed by atoms with van der Waals surface area (Å²) >= 11 is 0. The fourth-order valence-electron chi connectivity index (χ4n) is 1.02. The van der Waals surface area contributed by atoms with E-state index < -0.39 is 12.5 Å². The van der Waals surface area contributed by atoms with Crippen LogP contribution in [0.5, 0.6) is 0 Å².